The van der Waals surface area contributed by atoms with Crippen LogP contribution in [-0.4, -0.2) is 22.1 Å². The molecule has 0 aromatic heterocycles. The van der Waals surface area contributed by atoms with Gasteiger partial charge in [-0.25, -0.2) is 0 Å². The fourth-order valence-corrected chi connectivity index (χ4v) is 2.41. The van der Waals surface area contributed by atoms with Crippen LogP contribution in [0.5, 0.6) is 11.5 Å². The van der Waals surface area contributed by atoms with Gasteiger partial charge in [0.2, 0.25) is 0 Å². The molecule has 2 rings (SSSR count). The zero-order valence-corrected chi connectivity index (χ0v) is 13.8. The van der Waals surface area contributed by atoms with Gasteiger partial charge in [-0.3, -0.25) is 20.2 Å². The third kappa shape index (κ3) is 4.90. The summed E-state index contributed by atoms with van der Waals surface area (Å²) in [5.74, 6) is 0.357. The van der Waals surface area contributed by atoms with Gasteiger partial charge in [-0.2, -0.15) is 0 Å². The number of nitro benzene ring substituents is 2. The van der Waals surface area contributed by atoms with Crippen molar-refractivity contribution in [1.82, 2.24) is 0 Å². The number of ether oxygens (including phenoxy) is 2. The van der Waals surface area contributed by atoms with Gasteiger partial charge in [-0.1, -0.05) is 24.3 Å². The van der Waals surface area contributed by atoms with E-state index in [9.17, 15) is 20.2 Å². The van der Waals surface area contributed by atoms with Crippen LogP contribution >= 0.6 is 0 Å². The second-order valence-electron chi connectivity index (χ2n) is 5.54. The van der Waals surface area contributed by atoms with E-state index >= 15 is 0 Å². The summed E-state index contributed by atoms with van der Waals surface area (Å²) in [7, 11) is 0. The molecule has 25 heavy (non-hydrogen) atoms. The first-order valence-corrected chi connectivity index (χ1v) is 7.68. The average molecular weight is 346 g/mol. The molecule has 2 aromatic carbocycles. The normalized spacial score (nSPS) is 12.9. The van der Waals surface area contributed by atoms with Gasteiger partial charge in [0.15, 0.2) is 11.5 Å². The molecule has 0 amide bonds. The van der Waals surface area contributed by atoms with Gasteiger partial charge in [0, 0.05) is 18.6 Å². The molecule has 0 radical (unpaired) electrons. The highest BCUT2D eigenvalue weighted by Gasteiger charge is 2.20. The minimum atomic E-state index is -0.505. The van der Waals surface area contributed by atoms with E-state index in [2.05, 4.69) is 0 Å². The molecule has 2 aromatic rings. The maximum absolute atomic E-state index is 11.0. The van der Waals surface area contributed by atoms with Crippen molar-refractivity contribution < 1.29 is 19.3 Å². The lowest BCUT2D eigenvalue weighted by Crippen LogP contribution is -2.23. The molecule has 0 N–H and O–H groups in total. The van der Waals surface area contributed by atoms with Crippen molar-refractivity contribution in [3.05, 3.63) is 68.8 Å². The number of para-hydroxylation sites is 4. The molecule has 0 bridgehead atoms. The number of rotatable bonds is 8. The highest BCUT2D eigenvalue weighted by atomic mass is 16.6. The summed E-state index contributed by atoms with van der Waals surface area (Å²) in [6, 6.07) is 12.2. The zero-order chi connectivity index (χ0) is 18.4. The van der Waals surface area contributed by atoms with Gasteiger partial charge < -0.3 is 9.47 Å². The van der Waals surface area contributed by atoms with Crippen LogP contribution in [0.3, 0.4) is 0 Å². The topological polar surface area (TPSA) is 105 Å². The van der Waals surface area contributed by atoms with Gasteiger partial charge in [0.05, 0.1) is 22.1 Å². The first kappa shape index (κ1) is 18.2. The maximum Gasteiger partial charge on any atom is 0.310 e. The predicted octanol–water partition coefficient (Wildman–Crippen LogP) is 4.13. The van der Waals surface area contributed by atoms with E-state index in [1.807, 2.05) is 0 Å². The summed E-state index contributed by atoms with van der Waals surface area (Å²) in [6.07, 6.45) is -0.351. The molecule has 0 aliphatic heterocycles. The summed E-state index contributed by atoms with van der Waals surface area (Å²) in [4.78, 5) is 21.0. The van der Waals surface area contributed by atoms with Gasteiger partial charge in [-0.15, -0.1) is 0 Å². The molecule has 1 unspecified atom stereocenters. The molecule has 8 nitrogen and oxygen atoms in total. The fraction of sp³-hybridized carbons (Fsp3) is 0.294. The Bertz CT molecular complexity index is 701. The molecular weight excluding hydrogens is 328 g/mol. The van der Waals surface area contributed by atoms with Crippen LogP contribution in [0.15, 0.2) is 48.5 Å². The van der Waals surface area contributed by atoms with Crippen molar-refractivity contribution in [1.29, 1.82) is 0 Å². The highest BCUT2D eigenvalue weighted by molar-refractivity contribution is 5.46. The smallest absolute Gasteiger partial charge is 0.310 e. The average Bonchev–Trinajstić information content (AvgIpc) is 2.55. The molecule has 0 aliphatic rings. The SMILES string of the molecule is CC(C[C@@H](C)Oc1ccccc1[N+](=O)[O-])Oc1ccccc1[N+](=O)[O-]. The maximum atomic E-state index is 11.0. The van der Waals surface area contributed by atoms with Crippen molar-refractivity contribution in [2.45, 2.75) is 32.5 Å². The highest BCUT2D eigenvalue weighted by Crippen LogP contribution is 2.29. The Balaban J connectivity index is 2.01. The minimum absolute atomic E-state index is 0.110. The monoisotopic (exact) mass is 346 g/mol. The molecule has 0 spiro atoms. The molecule has 0 saturated heterocycles. The first-order chi connectivity index (χ1) is 11.9. The number of nitrogens with zero attached hydrogens (tertiary/aromatic N) is 2. The van der Waals surface area contributed by atoms with Crippen molar-refractivity contribution in [3.8, 4) is 11.5 Å². The Morgan fingerprint density at radius 2 is 1.16 bits per heavy atom. The molecule has 2 atom stereocenters. The Hall–Kier alpha value is -3.16. The van der Waals surface area contributed by atoms with Crippen molar-refractivity contribution >= 4 is 11.4 Å². The van der Waals surface area contributed by atoms with Crippen LogP contribution in [0.25, 0.3) is 0 Å². The Kier molecular flexibility index (Phi) is 5.89. The van der Waals surface area contributed by atoms with Gasteiger partial charge in [-0.05, 0) is 26.0 Å². The predicted molar refractivity (Wildman–Crippen MR) is 91.0 cm³/mol. The second-order valence-corrected chi connectivity index (χ2v) is 5.54. The molecule has 0 aliphatic carbocycles. The quantitative estimate of drug-likeness (QED) is 0.526. The van der Waals surface area contributed by atoms with E-state index in [0.29, 0.717) is 6.42 Å². The first-order valence-electron chi connectivity index (χ1n) is 7.68. The molecule has 0 fully saturated rings. The summed E-state index contributed by atoms with van der Waals surface area (Å²) in [5, 5.41) is 22.0. The summed E-state index contributed by atoms with van der Waals surface area (Å²) in [5.41, 5.74) is -0.219. The van der Waals surface area contributed by atoms with Crippen molar-refractivity contribution in [3.63, 3.8) is 0 Å². The van der Waals surface area contributed by atoms with Gasteiger partial charge in [0.1, 0.15) is 0 Å². The largest absolute Gasteiger partial charge is 0.484 e. The van der Waals surface area contributed by atoms with Crippen LogP contribution in [0.4, 0.5) is 11.4 Å². The third-order valence-electron chi connectivity index (χ3n) is 3.44. The van der Waals surface area contributed by atoms with Gasteiger partial charge in [0.25, 0.3) is 0 Å². The number of nitro groups is 2. The number of benzene rings is 2. The van der Waals surface area contributed by atoms with Crippen LogP contribution in [0.1, 0.15) is 20.3 Å². The number of hydrogen-bond donors (Lipinski definition) is 0. The Morgan fingerprint density at radius 1 is 0.800 bits per heavy atom. The summed E-state index contributed by atoms with van der Waals surface area (Å²) < 4.78 is 11.3. The Morgan fingerprint density at radius 3 is 1.52 bits per heavy atom. The zero-order valence-electron chi connectivity index (χ0n) is 13.8. The van der Waals surface area contributed by atoms with E-state index in [4.69, 9.17) is 9.47 Å². The molecule has 8 heteroatoms. The lowest BCUT2D eigenvalue weighted by atomic mass is 10.2. The van der Waals surface area contributed by atoms with Crippen LogP contribution in [0.2, 0.25) is 0 Å². The minimum Gasteiger partial charge on any atom is -0.484 e. The van der Waals surface area contributed by atoms with Crippen LogP contribution in [0, 0.1) is 20.2 Å². The summed E-state index contributed by atoms with van der Waals surface area (Å²) in [6.45, 7) is 3.52. The van der Waals surface area contributed by atoms with Crippen molar-refractivity contribution in [2.24, 2.45) is 0 Å². The molecule has 0 heterocycles. The van der Waals surface area contributed by atoms with E-state index in [1.54, 1.807) is 38.1 Å². The van der Waals surface area contributed by atoms with E-state index < -0.39 is 9.85 Å². The van der Waals surface area contributed by atoms with E-state index in [-0.39, 0.29) is 35.1 Å². The molecule has 0 saturated carbocycles. The molecule has 132 valence electrons. The van der Waals surface area contributed by atoms with E-state index in [0.717, 1.165) is 0 Å². The number of hydrogen-bond acceptors (Lipinski definition) is 6. The lowest BCUT2D eigenvalue weighted by Gasteiger charge is -2.20. The van der Waals surface area contributed by atoms with Gasteiger partial charge >= 0.3 is 11.4 Å². The lowest BCUT2D eigenvalue weighted by molar-refractivity contribution is -0.386. The summed E-state index contributed by atoms with van der Waals surface area (Å²) >= 11 is 0. The Labute approximate surface area is 144 Å². The van der Waals surface area contributed by atoms with Crippen LogP contribution < -0.4 is 9.47 Å². The standard InChI is InChI=1S/C17H18N2O6/c1-12(24-16-9-5-3-7-14(16)18(20)21)11-13(2)25-17-10-6-4-8-15(17)19(22)23/h3-10,12-13H,11H2,1-2H3/t12-,13?/m1/s1. The van der Waals surface area contributed by atoms with Crippen molar-refractivity contribution in [2.75, 3.05) is 0 Å². The molecular formula is C17H18N2O6. The van der Waals surface area contributed by atoms with Crippen LogP contribution in [-0.2, 0) is 0 Å². The third-order valence-corrected chi connectivity index (χ3v) is 3.44. The van der Waals surface area contributed by atoms with E-state index in [1.165, 1.54) is 24.3 Å². The fourth-order valence-electron chi connectivity index (χ4n) is 2.41. The second kappa shape index (κ2) is 8.09.